The van der Waals surface area contributed by atoms with Crippen molar-refractivity contribution in [1.29, 1.82) is 0 Å². The largest absolute Gasteiger partial charge is 1.00 e. The van der Waals surface area contributed by atoms with E-state index in [0.29, 0.717) is 9.80 Å². The second kappa shape index (κ2) is 38.5. The summed E-state index contributed by atoms with van der Waals surface area (Å²) in [6.45, 7) is -2.55. The van der Waals surface area contributed by atoms with E-state index in [1.165, 1.54) is 0 Å². The zero-order chi connectivity index (χ0) is 25.6. The van der Waals surface area contributed by atoms with Crippen molar-refractivity contribution in [3.8, 4) is 0 Å². The first-order chi connectivity index (χ1) is 13.9. The quantitative estimate of drug-likeness (QED) is 0.108. The third-order valence-electron chi connectivity index (χ3n) is 3.34. The van der Waals surface area contributed by atoms with Crippen molar-refractivity contribution in [1.82, 2.24) is 14.7 Å². The molecule has 0 amide bonds. The van der Waals surface area contributed by atoms with Gasteiger partial charge in [0.15, 0.2) is 0 Å². The molecule has 0 aliphatic carbocycles. The molecule has 0 rings (SSSR count). The van der Waals surface area contributed by atoms with Crippen LogP contribution in [0.1, 0.15) is 0 Å². The van der Waals surface area contributed by atoms with Crippen LogP contribution in [0.15, 0.2) is 0 Å². The molecular formula is C9H20N3Na10O15P5+2. The minimum atomic E-state index is -5.34. The van der Waals surface area contributed by atoms with E-state index in [1.807, 2.05) is 0 Å². The summed E-state index contributed by atoms with van der Waals surface area (Å²) < 4.78 is 54.9. The van der Waals surface area contributed by atoms with Gasteiger partial charge in [-0.05, 0) is 0 Å². The molecule has 0 atom stereocenters. The van der Waals surface area contributed by atoms with Crippen LogP contribution in [0.5, 0.6) is 0 Å². The Labute approximate surface area is 466 Å². The maximum absolute atomic E-state index is 11.3. The van der Waals surface area contributed by atoms with Crippen LogP contribution in [0.3, 0.4) is 0 Å². The summed E-state index contributed by atoms with van der Waals surface area (Å²) in [5, 5.41) is 0. The van der Waals surface area contributed by atoms with Crippen molar-refractivity contribution >= 4 is 38.0 Å². The molecule has 0 aromatic heterocycles. The average Bonchev–Trinajstić information content (AvgIpc) is 2.41. The molecule has 194 valence electrons. The second-order valence-electron chi connectivity index (χ2n) is 6.72. The monoisotopic (exact) mass is 795 g/mol. The van der Waals surface area contributed by atoms with Gasteiger partial charge in [0, 0.05) is 51.3 Å². The topological polar surface area (TPSA) is 320 Å². The van der Waals surface area contributed by atoms with Crippen LogP contribution in [0, 0.1) is 0 Å². The number of hydrogen-bond acceptors (Lipinski definition) is 16. The number of hydrogen-bond donors (Lipinski definition) is 2. The Balaban J connectivity index is -0.000000107. The van der Waals surface area contributed by atoms with Gasteiger partial charge in [-0.1, -0.05) is 30.4 Å². The van der Waals surface area contributed by atoms with Crippen LogP contribution in [-0.4, -0.2) is 82.1 Å². The zero-order valence-corrected chi connectivity index (χ0v) is 50.6. The van der Waals surface area contributed by atoms with Crippen LogP contribution in [-0.2, 0) is 22.8 Å². The van der Waals surface area contributed by atoms with Gasteiger partial charge in [-0.2, -0.15) is 0 Å². The average molecular weight is 795 g/mol. The molecule has 0 aliphatic rings. The molecule has 0 heterocycles. The molecule has 0 aromatic carbocycles. The van der Waals surface area contributed by atoms with Crippen molar-refractivity contribution < 1.29 is 367 Å². The SMILES string of the molecule is O=P([O-])([O-])CN(CCN(CCN(CP(=O)([O-])[O-])CP(=O)([O-])[O-])CP(=O)(O)O)CP(=O)([O-])[O-].[Na+].[Na+].[Na+].[Na+].[Na+].[Na+].[Na+].[Na+].[Na+].[Na+]. The second-order valence-corrected chi connectivity index (χ2v) is 14.4. The van der Waals surface area contributed by atoms with Gasteiger partial charge in [0.05, 0.1) is 0 Å². The van der Waals surface area contributed by atoms with E-state index >= 15 is 0 Å². The van der Waals surface area contributed by atoms with Gasteiger partial charge >= 0.3 is 303 Å². The van der Waals surface area contributed by atoms with E-state index < -0.39 is 95.6 Å². The van der Waals surface area contributed by atoms with Gasteiger partial charge in [-0.3, -0.25) is 19.3 Å². The fourth-order valence-corrected chi connectivity index (χ4v) is 6.48. The summed E-state index contributed by atoms with van der Waals surface area (Å²) in [6.07, 6.45) is -6.68. The Kier molecular flexibility index (Phi) is 74.2. The summed E-state index contributed by atoms with van der Waals surface area (Å²) in [6, 6.07) is 0. The molecular weight excluding hydrogens is 775 g/mol. The van der Waals surface area contributed by atoms with E-state index in [9.17, 15) is 62.0 Å². The van der Waals surface area contributed by atoms with Gasteiger partial charge < -0.3 is 67.2 Å². The molecule has 18 nitrogen and oxygen atoms in total. The predicted molar refractivity (Wildman–Crippen MR) is 91.8 cm³/mol. The normalized spacial score (nSPS) is 11.2. The van der Waals surface area contributed by atoms with Gasteiger partial charge in [0.2, 0.25) is 0 Å². The molecule has 0 spiro atoms. The van der Waals surface area contributed by atoms with Gasteiger partial charge in [0.1, 0.15) is 6.29 Å². The first-order valence-corrected chi connectivity index (χ1v) is 16.9. The van der Waals surface area contributed by atoms with Crippen molar-refractivity contribution in [2.45, 2.75) is 0 Å². The molecule has 42 heavy (non-hydrogen) atoms. The molecule has 0 radical (unpaired) electrons. The minimum absolute atomic E-state index is 0. The molecule has 0 saturated carbocycles. The third-order valence-corrected chi connectivity index (χ3v) is 7.10. The van der Waals surface area contributed by atoms with Crippen LogP contribution < -0.4 is 335 Å². The molecule has 0 aromatic rings. The Hall–Kier alpha value is 10.6. The predicted octanol–water partition coefficient (Wildman–Crippen LogP) is -37.4. The molecule has 0 fully saturated rings. The fourth-order valence-electron chi connectivity index (χ4n) is 2.43. The fraction of sp³-hybridized carbons (Fsp3) is 1.00. The van der Waals surface area contributed by atoms with Crippen LogP contribution in [0.25, 0.3) is 0 Å². The number of nitrogens with zero attached hydrogens (tertiary/aromatic N) is 3. The Bertz CT molecular complexity index is 754. The van der Waals surface area contributed by atoms with Crippen molar-refractivity contribution in [3.63, 3.8) is 0 Å². The Morgan fingerprint density at radius 1 is 0.357 bits per heavy atom. The summed E-state index contributed by atoms with van der Waals surface area (Å²) in [4.78, 5) is 107. The van der Waals surface area contributed by atoms with Crippen LogP contribution >= 0.6 is 38.0 Å². The minimum Gasteiger partial charge on any atom is -0.810 e. The summed E-state index contributed by atoms with van der Waals surface area (Å²) in [5.74, 6) is 0. The van der Waals surface area contributed by atoms with E-state index in [0.717, 1.165) is 4.90 Å². The maximum atomic E-state index is 11.3. The maximum Gasteiger partial charge on any atom is 1.00 e. The molecule has 0 saturated heterocycles. The first kappa shape index (κ1) is 81.0. The summed E-state index contributed by atoms with van der Waals surface area (Å²) in [7, 11) is -26.2. The smallest absolute Gasteiger partial charge is 0.810 e. The summed E-state index contributed by atoms with van der Waals surface area (Å²) in [5.41, 5.74) is 0. The molecule has 2 N–H and O–H groups in total. The van der Waals surface area contributed by atoms with Gasteiger partial charge in [-0.25, -0.2) is 0 Å². The standard InChI is InChI=1S/C9H28N3O15P5.10Na/c13-28(14,15)5-10(1-3-11(6-29(16,17)18)7-30(19,20)21)2-4-12(8-31(22,23)24)9-32(25,26)27;;;;;;;;;;/h1-9H2,(H2,13,14,15)(H2,16,17,18)(H2,19,20,21)(H2,22,23,24)(H2,25,26,27);;;;;;;;;;/q;10*+1/p-8. The molecule has 33 heteroatoms. The zero-order valence-electron chi connectivity index (χ0n) is 26.1. The van der Waals surface area contributed by atoms with Crippen LogP contribution in [0.4, 0.5) is 0 Å². The van der Waals surface area contributed by atoms with Gasteiger partial charge in [0.25, 0.3) is 0 Å². The Morgan fingerprint density at radius 3 is 0.667 bits per heavy atom. The van der Waals surface area contributed by atoms with Crippen LogP contribution in [0.2, 0.25) is 0 Å². The van der Waals surface area contributed by atoms with Crippen molar-refractivity contribution in [2.75, 3.05) is 57.6 Å². The molecule has 0 bridgehead atoms. The van der Waals surface area contributed by atoms with Crippen molar-refractivity contribution in [3.05, 3.63) is 0 Å². The van der Waals surface area contributed by atoms with E-state index in [4.69, 9.17) is 9.79 Å². The molecule has 0 aliphatic heterocycles. The van der Waals surface area contributed by atoms with Crippen molar-refractivity contribution in [2.24, 2.45) is 0 Å². The first-order valence-electron chi connectivity index (χ1n) is 8.20. The molecule has 0 unspecified atom stereocenters. The van der Waals surface area contributed by atoms with E-state index in [1.54, 1.807) is 0 Å². The Morgan fingerprint density at radius 2 is 0.524 bits per heavy atom. The third kappa shape index (κ3) is 59.9. The van der Waals surface area contributed by atoms with E-state index in [2.05, 4.69) is 0 Å². The number of rotatable bonds is 16. The summed E-state index contributed by atoms with van der Waals surface area (Å²) >= 11 is 0. The van der Waals surface area contributed by atoms with Gasteiger partial charge in [-0.15, -0.1) is 0 Å². The van der Waals surface area contributed by atoms with E-state index in [-0.39, 0.29) is 296 Å².